The SMILES string of the molecule is COCC(CNC1=NCC(CC(C)C)S1)OC. The van der Waals surface area contributed by atoms with E-state index < -0.39 is 0 Å². The Balaban J connectivity index is 2.20. The molecule has 0 spiro atoms. The Hall–Kier alpha value is -0.260. The molecular weight excluding hydrogens is 236 g/mol. The fourth-order valence-corrected chi connectivity index (χ4v) is 3.02. The van der Waals surface area contributed by atoms with E-state index in [-0.39, 0.29) is 6.10 Å². The largest absolute Gasteiger partial charge is 0.382 e. The fourth-order valence-electron chi connectivity index (χ4n) is 1.76. The van der Waals surface area contributed by atoms with E-state index >= 15 is 0 Å². The Bertz CT molecular complexity index is 247. The molecule has 0 saturated carbocycles. The summed E-state index contributed by atoms with van der Waals surface area (Å²) in [4.78, 5) is 4.51. The number of hydrogen-bond acceptors (Lipinski definition) is 5. The van der Waals surface area contributed by atoms with Gasteiger partial charge >= 0.3 is 0 Å². The number of nitrogens with one attached hydrogen (secondary N) is 1. The number of aliphatic imine (C=N–C) groups is 1. The van der Waals surface area contributed by atoms with Crippen LogP contribution in [-0.2, 0) is 9.47 Å². The second-order valence-corrected chi connectivity index (χ2v) is 6.00. The molecule has 17 heavy (non-hydrogen) atoms. The van der Waals surface area contributed by atoms with Crippen molar-refractivity contribution in [2.45, 2.75) is 31.6 Å². The number of nitrogens with zero attached hydrogens (tertiary/aromatic N) is 1. The van der Waals surface area contributed by atoms with Crippen molar-refractivity contribution in [3.63, 3.8) is 0 Å². The van der Waals surface area contributed by atoms with Gasteiger partial charge in [-0.2, -0.15) is 0 Å². The van der Waals surface area contributed by atoms with Crippen LogP contribution in [-0.4, -0.2) is 50.4 Å². The predicted octanol–water partition coefficient (Wildman–Crippen LogP) is 1.75. The van der Waals surface area contributed by atoms with Crippen molar-refractivity contribution in [2.75, 3.05) is 33.9 Å². The average Bonchev–Trinajstić information content (AvgIpc) is 2.71. The molecule has 0 aromatic carbocycles. The highest BCUT2D eigenvalue weighted by atomic mass is 32.2. The molecule has 0 radical (unpaired) electrons. The monoisotopic (exact) mass is 260 g/mol. The van der Waals surface area contributed by atoms with Gasteiger partial charge in [0.15, 0.2) is 5.17 Å². The maximum absolute atomic E-state index is 5.29. The molecule has 2 atom stereocenters. The van der Waals surface area contributed by atoms with Crippen LogP contribution in [0.2, 0.25) is 0 Å². The summed E-state index contributed by atoms with van der Waals surface area (Å²) in [5.74, 6) is 0.738. The molecule has 4 nitrogen and oxygen atoms in total. The second-order valence-electron chi connectivity index (χ2n) is 4.71. The van der Waals surface area contributed by atoms with Gasteiger partial charge in [0.05, 0.1) is 19.3 Å². The van der Waals surface area contributed by atoms with Gasteiger partial charge in [-0.25, -0.2) is 0 Å². The van der Waals surface area contributed by atoms with Gasteiger partial charge in [0.1, 0.15) is 0 Å². The number of hydrogen-bond donors (Lipinski definition) is 1. The summed E-state index contributed by atoms with van der Waals surface area (Å²) in [6, 6.07) is 0. The maximum atomic E-state index is 5.29. The van der Waals surface area contributed by atoms with Crippen LogP contribution in [0.4, 0.5) is 0 Å². The molecule has 0 amide bonds. The highest BCUT2D eigenvalue weighted by Gasteiger charge is 2.20. The van der Waals surface area contributed by atoms with E-state index in [0.717, 1.165) is 24.2 Å². The summed E-state index contributed by atoms with van der Waals surface area (Å²) >= 11 is 1.85. The normalized spacial score (nSPS) is 21.7. The lowest BCUT2D eigenvalue weighted by Crippen LogP contribution is -2.34. The van der Waals surface area contributed by atoms with Crippen molar-refractivity contribution >= 4 is 16.9 Å². The molecular formula is C12H24N2O2S. The Kier molecular flexibility index (Phi) is 6.92. The third-order valence-corrected chi connectivity index (χ3v) is 3.79. The first kappa shape index (κ1) is 14.8. The zero-order valence-corrected chi connectivity index (χ0v) is 12.0. The molecule has 100 valence electrons. The third kappa shape index (κ3) is 5.75. The van der Waals surface area contributed by atoms with Crippen molar-refractivity contribution in [2.24, 2.45) is 10.9 Å². The summed E-state index contributed by atoms with van der Waals surface area (Å²) in [7, 11) is 3.39. The fraction of sp³-hybridized carbons (Fsp3) is 0.917. The van der Waals surface area contributed by atoms with Gasteiger partial charge in [-0.3, -0.25) is 4.99 Å². The topological polar surface area (TPSA) is 42.8 Å². The zero-order chi connectivity index (χ0) is 12.7. The average molecular weight is 260 g/mol. The summed E-state index contributed by atoms with van der Waals surface area (Å²) in [5, 5.41) is 5.02. The lowest BCUT2D eigenvalue weighted by Gasteiger charge is -2.16. The Morgan fingerprint density at radius 2 is 2.24 bits per heavy atom. The molecule has 1 N–H and O–H groups in total. The zero-order valence-electron chi connectivity index (χ0n) is 11.2. The number of rotatable bonds is 7. The van der Waals surface area contributed by atoms with E-state index in [1.54, 1.807) is 14.2 Å². The lowest BCUT2D eigenvalue weighted by molar-refractivity contribution is 0.0316. The first-order chi connectivity index (χ1) is 8.15. The van der Waals surface area contributed by atoms with Gasteiger partial charge in [0.2, 0.25) is 0 Å². The van der Waals surface area contributed by atoms with E-state index in [1.807, 2.05) is 11.8 Å². The van der Waals surface area contributed by atoms with E-state index in [0.29, 0.717) is 11.9 Å². The second kappa shape index (κ2) is 7.95. The molecule has 1 aliphatic rings. The highest BCUT2D eigenvalue weighted by molar-refractivity contribution is 8.14. The summed E-state index contributed by atoms with van der Waals surface area (Å²) < 4.78 is 10.4. The van der Waals surface area contributed by atoms with E-state index in [9.17, 15) is 0 Å². The van der Waals surface area contributed by atoms with Crippen LogP contribution in [0.25, 0.3) is 0 Å². The van der Waals surface area contributed by atoms with Crippen LogP contribution >= 0.6 is 11.8 Å². The molecule has 1 heterocycles. The number of methoxy groups -OCH3 is 2. The van der Waals surface area contributed by atoms with Gasteiger partial charge in [0.25, 0.3) is 0 Å². The molecule has 0 aromatic rings. The first-order valence-corrected chi connectivity index (χ1v) is 7.00. The van der Waals surface area contributed by atoms with Crippen LogP contribution in [0.1, 0.15) is 20.3 Å². The van der Waals surface area contributed by atoms with Gasteiger partial charge < -0.3 is 14.8 Å². The van der Waals surface area contributed by atoms with Crippen molar-refractivity contribution < 1.29 is 9.47 Å². The minimum absolute atomic E-state index is 0.0902. The Labute approximate surface area is 109 Å². The lowest BCUT2D eigenvalue weighted by atomic mass is 10.1. The van der Waals surface area contributed by atoms with Gasteiger partial charge in [-0.05, 0) is 12.3 Å². The molecule has 0 saturated heterocycles. The quantitative estimate of drug-likeness (QED) is 0.757. The number of ether oxygens (including phenoxy) is 2. The molecule has 2 unspecified atom stereocenters. The van der Waals surface area contributed by atoms with Crippen LogP contribution in [0.15, 0.2) is 4.99 Å². The van der Waals surface area contributed by atoms with E-state index in [4.69, 9.17) is 9.47 Å². The summed E-state index contributed by atoms with van der Waals surface area (Å²) in [6.45, 7) is 6.81. The van der Waals surface area contributed by atoms with Crippen molar-refractivity contribution in [3.05, 3.63) is 0 Å². The highest BCUT2D eigenvalue weighted by Crippen LogP contribution is 2.25. The molecule has 5 heteroatoms. The smallest absolute Gasteiger partial charge is 0.157 e. The van der Waals surface area contributed by atoms with Gasteiger partial charge in [-0.1, -0.05) is 25.6 Å². The van der Waals surface area contributed by atoms with Gasteiger partial charge in [-0.15, -0.1) is 0 Å². The van der Waals surface area contributed by atoms with Crippen molar-refractivity contribution in [1.82, 2.24) is 5.32 Å². The summed E-state index contributed by atoms with van der Waals surface area (Å²) in [6.07, 6.45) is 1.32. The third-order valence-electron chi connectivity index (χ3n) is 2.62. The minimum Gasteiger partial charge on any atom is -0.382 e. The maximum Gasteiger partial charge on any atom is 0.157 e. The van der Waals surface area contributed by atoms with Crippen LogP contribution < -0.4 is 5.32 Å². The van der Waals surface area contributed by atoms with Crippen LogP contribution in [0.5, 0.6) is 0 Å². The molecule has 0 fully saturated rings. The molecule has 0 aromatic heterocycles. The van der Waals surface area contributed by atoms with Gasteiger partial charge in [0, 0.05) is 26.0 Å². The molecule has 0 bridgehead atoms. The molecule has 1 aliphatic heterocycles. The first-order valence-electron chi connectivity index (χ1n) is 6.12. The van der Waals surface area contributed by atoms with Crippen LogP contribution in [0.3, 0.4) is 0 Å². The van der Waals surface area contributed by atoms with Crippen molar-refractivity contribution in [1.29, 1.82) is 0 Å². The molecule has 0 aliphatic carbocycles. The minimum atomic E-state index is 0.0902. The van der Waals surface area contributed by atoms with Crippen molar-refractivity contribution in [3.8, 4) is 0 Å². The standard InChI is InChI=1S/C12H24N2O2S/c1-9(2)5-11-7-14-12(17-11)13-6-10(16-4)8-15-3/h9-11H,5-8H2,1-4H3,(H,13,14). The number of thioether (sulfide) groups is 1. The Morgan fingerprint density at radius 3 is 2.82 bits per heavy atom. The predicted molar refractivity (Wildman–Crippen MR) is 73.8 cm³/mol. The Morgan fingerprint density at radius 1 is 1.47 bits per heavy atom. The number of amidine groups is 1. The summed E-state index contributed by atoms with van der Waals surface area (Å²) in [5.41, 5.74) is 0. The van der Waals surface area contributed by atoms with E-state index in [2.05, 4.69) is 24.2 Å². The molecule has 1 rings (SSSR count). The van der Waals surface area contributed by atoms with Crippen LogP contribution in [0, 0.1) is 5.92 Å². The van der Waals surface area contributed by atoms with E-state index in [1.165, 1.54) is 6.42 Å².